The number of alkyl halides is 1. The first-order valence-electron chi connectivity index (χ1n) is 4.44. The Morgan fingerprint density at radius 2 is 2.27 bits per heavy atom. The summed E-state index contributed by atoms with van der Waals surface area (Å²) < 4.78 is 1.98. The molecule has 5 heteroatoms. The highest BCUT2D eigenvalue weighted by atomic mass is 127. The largest absolute Gasteiger partial charge is 0.325 e. The van der Waals surface area contributed by atoms with Crippen LogP contribution in [-0.2, 0) is 4.79 Å². The monoisotopic (exact) mass is 401 g/mol. The van der Waals surface area contributed by atoms with Crippen molar-refractivity contribution in [2.75, 3.05) is 11.2 Å². The lowest BCUT2D eigenvalue weighted by molar-refractivity contribution is -0.116. The third kappa shape index (κ3) is 4.70. The Morgan fingerprint density at radius 3 is 2.93 bits per heavy atom. The van der Waals surface area contributed by atoms with E-state index in [1.54, 1.807) is 0 Å². The van der Waals surface area contributed by atoms with Crippen LogP contribution in [0.1, 0.15) is 12.8 Å². The molecule has 0 aliphatic heterocycles. The number of carbonyl (C=O) groups excluding carboxylic acids is 1. The van der Waals surface area contributed by atoms with Crippen molar-refractivity contribution in [2.24, 2.45) is 0 Å². The molecular formula is C10H10BrClINO. The Morgan fingerprint density at radius 1 is 1.53 bits per heavy atom. The molecule has 0 heterocycles. The zero-order chi connectivity index (χ0) is 11.3. The van der Waals surface area contributed by atoms with Gasteiger partial charge < -0.3 is 5.32 Å². The summed E-state index contributed by atoms with van der Waals surface area (Å²) in [6, 6.07) is 5.78. The van der Waals surface area contributed by atoms with Gasteiger partial charge in [0.2, 0.25) is 5.91 Å². The third-order valence-corrected chi connectivity index (χ3v) is 3.44. The molecule has 1 aromatic rings. The number of rotatable bonds is 4. The van der Waals surface area contributed by atoms with Gasteiger partial charge in [-0.05, 0) is 47.2 Å². The molecule has 1 amide bonds. The molecule has 0 bridgehead atoms. The molecule has 0 atom stereocenters. The van der Waals surface area contributed by atoms with Crippen molar-refractivity contribution in [1.29, 1.82) is 0 Å². The topological polar surface area (TPSA) is 29.1 Å². The molecule has 0 radical (unpaired) electrons. The van der Waals surface area contributed by atoms with Gasteiger partial charge in [0.05, 0.1) is 5.69 Å². The number of nitrogens with one attached hydrogen (secondary N) is 1. The van der Waals surface area contributed by atoms with E-state index in [0.29, 0.717) is 18.7 Å². The van der Waals surface area contributed by atoms with Gasteiger partial charge in [-0.1, -0.05) is 15.9 Å². The molecule has 0 aliphatic carbocycles. The smallest absolute Gasteiger partial charge is 0.224 e. The molecule has 0 spiro atoms. The second-order valence-electron chi connectivity index (χ2n) is 2.96. The first-order valence-corrected chi connectivity index (χ1v) is 6.85. The molecule has 0 saturated heterocycles. The highest BCUT2D eigenvalue weighted by molar-refractivity contribution is 14.1. The maximum absolute atomic E-state index is 11.4. The van der Waals surface area contributed by atoms with Crippen molar-refractivity contribution in [3.05, 3.63) is 26.2 Å². The van der Waals surface area contributed by atoms with Gasteiger partial charge in [0.15, 0.2) is 0 Å². The fourth-order valence-electron chi connectivity index (χ4n) is 1.03. The summed E-state index contributed by atoms with van der Waals surface area (Å²) in [6.07, 6.45) is 1.17. The fourth-order valence-corrected chi connectivity index (χ4v) is 2.00. The lowest BCUT2D eigenvalue weighted by atomic mass is 10.3. The van der Waals surface area contributed by atoms with Crippen LogP contribution in [0.2, 0.25) is 0 Å². The molecule has 1 aromatic carbocycles. The van der Waals surface area contributed by atoms with E-state index in [9.17, 15) is 4.79 Å². The van der Waals surface area contributed by atoms with E-state index in [1.165, 1.54) is 0 Å². The van der Waals surface area contributed by atoms with Crippen LogP contribution in [0.5, 0.6) is 0 Å². The molecule has 1 rings (SSSR count). The summed E-state index contributed by atoms with van der Waals surface area (Å²) in [7, 11) is 0. The van der Waals surface area contributed by atoms with E-state index in [4.69, 9.17) is 11.6 Å². The van der Waals surface area contributed by atoms with Crippen molar-refractivity contribution >= 4 is 61.7 Å². The van der Waals surface area contributed by atoms with Crippen molar-refractivity contribution in [2.45, 2.75) is 12.8 Å². The van der Waals surface area contributed by atoms with Crippen molar-refractivity contribution in [1.82, 2.24) is 0 Å². The van der Waals surface area contributed by atoms with Gasteiger partial charge in [-0.2, -0.15) is 0 Å². The van der Waals surface area contributed by atoms with Crippen LogP contribution in [0.4, 0.5) is 5.69 Å². The number of anilines is 1. The Kier molecular flexibility index (Phi) is 5.92. The summed E-state index contributed by atoms with van der Waals surface area (Å²) in [6.45, 7) is 0. The first-order chi connectivity index (χ1) is 7.13. The van der Waals surface area contributed by atoms with Gasteiger partial charge >= 0.3 is 0 Å². The molecular weight excluding hydrogens is 392 g/mol. The molecule has 1 N–H and O–H groups in total. The van der Waals surface area contributed by atoms with Crippen LogP contribution in [0.3, 0.4) is 0 Å². The molecule has 0 aliphatic rings. The van der Waals surface area contributed by atoms with E-state index in [0.717, 1.165) is 13.7 Å². The van der Waals surface area contributed by atoms with Gasteiger partial charge in [-0.3, -0.25) is 4.79 Å². The summed E-state index contributed by atoms with van der Waals surface area (Å²) >= 11 is 11.1. The average Bonchev–Trinajstić information content (AvgIpc) is 2.20. The first kappa shape index (κ1) is 13.3. The molecule has 82 valence electrons. The minimum atomic E-state index is 0.00617. The second kappa shape index (κ2) is 6.70. The Balaban J connectivity index is 2.63. The van der Waals surface area contributed by atoms with Gasteiger partial charge in [0.25, 0.3) is 0 Å². The summed E-state index contributed by atoms with van der Waals surface area (Å²) in [4.78, 5) is 11.4. The van der Waals surface area contributed by atoms with Crippen molar-refractivity contribution < 1.29 is 4.79 Å². The predicted octanol–water partition coefficient (Wildman–Crippen LogP) is 4.01. The minimum absolute atomic E-state index is 0.00617. The number of halogens is 3. The van der Waals surface area contributed by atoms with Crippen LogP contribution >= 0.6 is 50.1 Å². The normalized spacial score (nSPS) is 10.1. The summed E-state index contributed by atoms with van der Waals surface area (Å²) in [5.41, 5.74) is 0.838. The molecule has 0 aromatic heterocycles. The number of amides is 1. The van der Waals surface area contributed by atoms with Crippen molar-refractivity contribution in [3.8, 4) is 0 Å². The highest BCUT2D eigenvalue weighted by Crippen LogP contribution is 2.23. The lowest BCUT2D eigenvalue weighted by Crippen LogP contribution is -2.12. The zero-order valence-electron chi connectivity index (χ0n) is 7.90. The third-order valence-electron chi connectivity index (χ3n) is 1.74. The van der Waals surface area contributed by atoms with Crippen molar-refractivity contribution in [3.63, 3.8) is 0 Å². The molecule has 2 nitrogen and oxygen atoms in total. The number of carbonyl (C=O) groups is 1. The second-order valence-corrected chi connectivity index (χ2v) is 5.42. The Labute approximate surface area is 116 Å². The highest BCUT2D eigenvalue weighted by Gasteiger charge is 2.05. The fraction of sp³-hybridized carbons (Fsp3) is 0.300. The van der Waals surface area contributed by atoms with Crippen LogP contribution in [0.25, 0.3) is 0 Å². The summed E-state index contributed by atoms with van der Waals surface area (Å²) in [5.74, 6) is 0.523. The maximum Gasteiger partial charge on any atom is 0.224 e. The number of hydrogen-bond donors (Lipinski definition) is 1. The van der Waals surface area contributed by atoms with E-state index < -0.39 is 0 Å². The lowest BCUT2D eigenvalue weighted by Gasteiger charge is -2.07. The average molecular weight is 402 g/mol. The molecule has 0 unspecified atom stereocenters. The predicted molar refractivity (Wildman–Crippen MR) is 75.4 cm³/mol. The maximum atomic E-state index is 11.4. The van der Waals surface area contributed by atoms with E-state index in [1.807, 2.05) is 18.2 Å². The van der Waals surface area contributed by atoms with E-state index in [2.05, 4.69) is 43.8 Å². The number of benzene rings is 1. The van der Waals surface area contributed by atoms with Gasteiger partial charge in [-0.25, -0.2) is 0 Å². The standard InChI is InChI=1S/C10H10BrClINO/c11-7-3-4-8(13)9(6-7)14-10(15)2-1-5-12/h3-4,6H,1-2,5H2,(H,14,15). The number of hydrogen-bond acceptors (Lipinski definition) is 1. The van der Waals surface area contributed by atoms with Gasteiger partial charge in [-0.15, -0.1) is 11.6 Å². The molecule has 0 saturated carbocycles. The van der Waals surface area contributed by atoms with Crippen LogP contribution in [-0.4, -0.2) is 11.8 Å². The molecule has 0 fully saturated rings. The van der Waals surface area contributed by atoms with Crippen LogP contribution < -0.4 is 5.32 Å². The quantitative estimate of drug-likeness (QED) is 0.598. The van der Waals surface area contributed by atoms with Gasteiger partial charge in [0, 0.05) is 20.3 Å². The van der Waals surface area contributed by atoms with E-state index in [-0.39, 0.29) is 5.91 Å². The Bertz CT molecular complexity index is 359. The summed E-state index contributed by atoms with van der Waals surface area (Å²) in [5, 5.41) is 2.85. The van der Waals surface area contributed by atoms with Crippen LogP contribution in [0.15, 0.2) is 22.7 Å². The van der Waals surface area contributed by atoms with Gasteiger partial charge in [0.1, 0.15) is 0 Å². The minimum Gasteiger partial charge on any atom is -0.325 e. The van der Waals surface area contributed by atoms with Crippen LogP contribution in [0, 0.1) is 3.57 Å². The SMILES string of the molecule is O=C(CCCCl)Nc1cc(Br)ccc1I. The molecule has 15 heavy (non-hydrogen) atoms. The Hall–Kier alpha value is 0.190. The zero-order valence-corrected chi connectivity index (χ0v) is 12.4. The van der Waals surface area contributed by atoms with E-state index >= 15 is 0 Å².